The van der Waals surface area contributed by atoms with Crippen LogP contribution in [0.3, 0.4) is 0 Å². The van der Waals surface area contributed by atoms with Crippen molar-refractivity contribution in [3.63, 3.8) is 0 Å². The van der Waals surface area contributed by atoms with E-state index in [2.05, 4.69) is 20.5 Å². The maximum atomic E-state index is 12.6. The van der Waals surface area contributed by atoms with Crippen LogP contribution >= 0.6 is 0 Å². The van der Waals surface area contributed by atoms with Gasteiger partial charge in [-0.2, -0.15) is 5.10 Å². The van der Waals surface area contributed by atoms with E-state index < -0.39 is 11.9 Å². The molecule has 0 saturated heterocycles. The maximum Gasteiger partial charge on any atom is 0.311 e. The lowest BCUT2D eigenvalue weighted by Gasteiger charge is -2.07. The van der Waals surface area contributed by atoms with Crippen LogP contribution in [0.4, 0.5) is 5.69 Å². The molecule has 8 heteroatoms. The number of anilines is 1. The molecule has 0 radical (unpaired) electrons. The van der Waals surface area contributed by atoms with E-state index in [1.165, 1.54) is 6.26 Å². The van der Waals surface area contributed by atoms with Crippen molar-refractivity contribution in [2.75, 3.05) is 5.32 Å². The number of rotatable bonds is 6. The van der Waals surface area contributed by atoms with Crippen molar-refractivity contribution >= 4 is 17.6 Å². The first-order chi connectivity index (χ1) is 13.0. The van der Waals surface area contributed by atoms with Crippen molar-refractivity contribution in [3.05, 3.63) is 53.2 Å². The van der Waals surface area contributed by atoms with E-state index in [4.69, 9.17) is 9.52 Å². The lowest BCUT2D eigenvalue weighted by atomic mass is 10.1. The number of carbonyl (C=O) groups is 2. The van der Waals surface area contributed by atoms with Crippen LogP contribution in [0.1, 0.15) is 46.3 Å². The summed E-state index contributed by atoms with van der Waals surface area (Å²) in [6, 6.07) is 7.21. The Labute approximate surface area is 154 Å². The second-order valence-corrected chi connectivity index (χ2v) is 6.64. The van der Waals surface area contributed by atoms with Crippen molar-refractivity contribution in [1.29, 1.82) is 0 Å². The van der Waals surface area contributed by atoms with E-state index in [9.17, 15) is 9.59 Å². The fourth-order valence-electron chi connectivity index (χ4n) is 2.94. The molecule has 0 atom stereocenters. The molecule has 138 valence electrons. The molecule has 4 rings (SSSR count). The van der Waals surface area contributed by atoms with Crippen LogP contribution in [0.25, 0.3) is 11.4 Å². The van der Waals surface area contributed by atoms with Crippen LogP contribution in [0.5, 0.6) is 0 Å². The lowest BCUT2D eigenvalue weighted by Crippen LogP contribution is -2.15. The van der Waals surface area contributed by atoms with Gasteiger partial charge in [0, 0.05) is 22.7 Å². The third-order valence-corrected chi connectivity index (χ3v) is 4.44. The van der Waals surface area contributed by atoms with Crippen LogP contribution in [0, 0.1) is 6.92 Å². The van der Waals surface area contributed by atoms with Crippen molar-refractivity contribution in [2.24, 2.45) is 0 Å². The number of carboxylic acid groups (broad SMARTS) is 1. The summed E-state index contributed by atoms with van der Waals surface area (Å²) >= 11 is 0. The fraction of sp³-hybridized carbons (Fsp3) is 0.263. The second-order valence-electron chi connectivity index (χ2n) is 6.64. The van der Waals surface area contributed by atoms with Gasteiger partial charge in [0.25, 0.3) is 5.91 Å². The summed E-state index contributed by atoms with van der Waals surface area (Å²) < 4.78 is 5.22. The van der Waals surface area contributed by atoms with Gasteiger partial charge in [-0.1, -0.05) is 12.1 Å². The van der Waals surface area contributed by atoms with Gasteiger partial charge < -0.3 is 14.8 Å². The van der Waals surface area contributed by atoms with Gasteiger partial charge in [-0.25, -0.2) is 4.98 Å². The predicted molar refractivity (Wildman–Crippen MR) is 96.5 cm³/mol. The summed E-state index contributed by atoms with van der Waals surface area (Å²) in [6.07, 6.45) is 3.30. The number of hydrogen-bond donors (Lipinski definition) is 3. The summed E-state index contributed by atoms with van der Waals surface area (Å²) in [4.78, 5) is 28.1. The summed E-state index contributed by atoms with van der Waals surface area (Å²) in [5.74, 6) is 0.619. The zero-order valence-corrected chi connectivity index (χ0v) is 14.7. The molecule has 1 amide bonds. The minimum atomic E-state index is -1.06. The number of nitrogens with one attached hydrogen (secondary N) is 2. The van der Waals surface area contributed by atoms with E-state index >= 15 is 0 Å². The minimum absolute atomic E-state index is 0.136. The van der Waals surface area contributed by atoms with Gasteiger partial charge in [0.2, 0.25) is 0 Å². The average molecular weight is 366 g/mol. The maximum absolute atomic E-state index is 12.6. The Hall–Kier alpha value is -3.42. The quantitative estimate of drug-likeness (QED) is 0.616. The summed E-state index contributed by atoms with van der Waals surface area (Å²) in [7, 11) is 0. The first-order valence-electron chi connectivity index (χ1n) is 8.64. The van der Waals surface area contributed by atoms with Crippen LogP contribution in [0.15, 0.2) is 34.9 Å². The molecule has 8 nitrogen and oxygen atoms in total. The number of aromatic amines is 1. The Kier molecular flexibility index (Phi) is 4.23. The van der Waals surface area contributed by atoms with Gasteiger partial charge in [-0.05, 0) is 31.9 Å². The topological polar surface area (TPSA) is 121 Å². The van der Waals surface area contributed by atoms with E-state index in [1.807, 2.05) is 6.07 Å². The molecule has 1 fully saturated rings. The number of benzene rings is 1. The third-order valence-electron chi connectivity index (χ3n) is 4.44. The van der Waals surface area contributed by atoms with Gasteiger partial charge in [-0.3, -0.25) is 14.7 Å². The number of furan rings is 1. The molecule has 3 aromatic rings. The molecule has 1 aromatic carbocycles. The Morgan fingerprint density at radius 1 is 1.37 bits per heavy atom. The highest BCUT2D eigenvalue weighted by atomic mass is 16.4. The number of hydrogen-bond acceptors (Lipinski definition) is 5. The molecule has 3 N–H and O–H groups in total. The van der Waals surface area contributed by atoms with Gasteiger partial charge >= 0.3 is 5.97 Å². The number of aliphatic carboxylic acids is 1. The molecule has 1 aliphatic rings. The van der Waals surface area contributed by atoms with E-state index in [1.54, 1.807) is 25.1 Å². The molecule has 0 spiro atoms. The van der Waals surface area contributed by atoms with Crippen LogP contribution in [-0.4, -0.2) is 32.2 Å². The summed E-state index contributed by atoms with van der Waals surface area (Å²) in [5.41, 5.74) is 2.18. The largest absolute Gasteiger partial charge is 0.481 e. The molecular weight excluding hydrogens is 348 g/mol. The highest BCUT2D eigenvalue weighted by Gasteiger charge is 2.27. The molecule has 1 saturated carbocycles. The highest BCUT2D eigenvalue weighted by molar-refractivity contribution is 6.06. The van der Waals surface area contributed by atoms with Crippen molar-refractivity contribution in [1.82, 2.24) is 15.2 Å². The molecular formula is C19H18N4O4. The normalized spacial score (nSPS) is 13.5. The summed E-state index contributed by atoms with van der Waals surface area (Å²) in [5, 5.41) is 19.0. The zero-order valence-electron chi connectivity index (χ0n) is 14.7. The SMILES string of the molecule is Cc1coc(CC(=O)O)c1C(=O)Nc1cccc(-c2n[nH]c(C3CC3)n2)c1. The minimum Gasteiger partial charge on any atom is -0.481 e. The Bertz CT molecular complexity index is 1020. The average Bonchev–Trinajstić information content (AvgIpc) is 3.24. The van der Waals surface area contributed by atoms with Gasteiger partial charge in [0.05, 0.1) is 11.8 Å². The van der Waals surface area contributed by atoms with Crippen molar-refractivity contribution < 1.29 is 19.1 Å². The fourth-order valence-corrected chi connectivity index (χ4v) is 2.94. The predicted octanol–water partition coefficient (Wildman–Crippen LogP) is 3.13. The number of carbonyl (C=O) groups excluding carboxylic acids is 1. The van der Waals surface area contributed by atoms with Gasteiger partial charge in [0.1, 0.15) is 18.0 Å². The number of H-pyrrole nitrogens is 1. The van der Waals surface area contributed by atoms with Crippen LogP contribution in [-0.2, 0) is 11.2 Å². The molecule has 0 bridgehead atoms. The zero-order chi connectivity index (χ0) is 19.0. The highest BCUT2D eigenvalue weighted by Crippen LogP contribution is 2.38. The molecule has 0 unspecified atom stereocenters. The number of carboxylic acids is 1. The second kappa shape index (κ2) is 6.71. The third kappa shape index (κ3) is 3.59. The van der Waals surface area contributed by atoms with E-state index in [0.29, 0.717) is 23.0 Å². The summed E-state index contributed by atoms with van der Waals surface area (Å²) in [6.45, 7) is 1.70. The van der Waals surface area contributed by atoms with Crippen LogP contribution < -0.4 is 5.32 Å². The Morgan fingerprint density at radius 2 is 2.19 bits per heavy atom. The smallest absolute Gasteiger partial charge is 0.311 e. The Balaban J connectivity index is 1.55. The molecule has 0 aliphatic heterocycles. The molecule has 27 heavy (non-hydrogen) atoms. The van der Waals surface area contributed by atoms with Crippen LogP contribution in [0.2, 0.25) is 0 Å². The number of nitrogens with zero attached hydrogens (tertiary/aromatic N) is 2. The number of aryl methyl sites for hydroxylation is 1. The van der Waals surface area contributed by atoms with Crippen molar-refractivity contribution in [3.8, 4) is 11.4 Å². The first-order valence-corrected chi connectivity index (χ1v) is 8.64. The van der Waals surface area contributed by atoms with Crippen molar-refractivity contribution in [2.45, 2.75) is 32.1 Å². The molecule has 1 aliphatic carbocycles. The van der Waals surface area contributed by atoms with Gasteiger partial charge in [0.15, 0.2) is 5.82 Å². The lowest BCUT2D eigenvalue weighted by molar-refractivity contribution is -0.136. The Morgan fingerprint density at radius 3 is 2.93 bits per heavy atom. The first kappa shape index (κ1) is 17.0. The van der Waals surface area contributed by atoms with E-state index in [0.717, 1.165) is 24.2 Å². The standard InChI is InChI=1S/C19H18N4O4/c1-10-9-27-14(8-15(24)25)16(10)19(26)20-13-4-2-3-12(7-13)18-21-17(22-23-18)11-5-6-11/h2-4,7,9,11H,5-6,8H2,1H3,(H,20,26)(H,24,25)(H,21,22,23). The van der Waals surface area contributed by atoms with E-state index in [-0.39, 0.29) is 17.7 Å². The molecule has 2 aromatic heterocycles. The monoisotopic (exact) mass is 366 g/mol. The van der Waals surface area contributed by atoms with Gasteiger partial charge in [-0.15, -0.1) is 0 Å². The number of aromatic nitrogens is 3. The number of amides is 1. The molecule has 2 heterocycles.